The zero-order valence-corrected chi connectivity index (χ0v) is 7.40. The minimum Gasteiger partial charge on any atom is -0.343 e. The van der Waals surface area contributed by atoms with Crippen molar-refractivity contribution in [2.75, 3.05) is 6.54 Å². The van der Waals surface area contributed by atoms with Crippen molar-refractivity contribution in [1.29, 1.82) is 0 Å². The number of hydrogen-bond acceptors (Lipinski definition) is 1. The van der Waals surface area contributed by atoms with Gasteiger partial charge in [0, 0.05) is 12.7 Å². The van der Waals surface area contributed by atoms with Gasteiger partial charge in [-0.05, 0) is 23.6 Å². The summed E-state index contributed by atoms with van der Waals surface area (Å²) < 4.78 is 0. The van der Waals surface area contributed by atoms with Crippen molar-refractivity contribution in [1.82, 2.24) is 4.90 Å². The van der Waals surface area contributed by atoms with E-state index >= 15 is 0 Å². The highest BCUT2D eigenvalue weighted by atomic mass is 15.1. The van der Waals surface area contributed by atoms with Gasteiger partial charge < -0.3 is 4.90 Å². The van der Waals surface area contributed by atoms with Gasteiger partial charge in [-0.15, -0.1) is 0 Å². The van der Waals surface area contributed by atoms with E-state index in [-0.39, 0.29) is 0 Å². The number of nitrogens with zero attached hydrogens (tertiary/aromatic N) is 1. The maximum absolute atomic E-state index is 2.31. The molecule has 0 atom stereocenters. The molecule has 0 saturated carbocycles. The van der Waals surface area contributed by atoms with Crippen molar-refractivity contribution in [2.45, 2.75) is 6.42 Å². The first-order valence-corrected chi connectivity index (χ1v) is 4.67. The van der Waals surface area contributed by atoms with E-state index in [2.05, 4.69) is 47.6 Å². The molecule has 3 aliphatic rings. The Bertz CT molecular complexity index is 387. The highest BCUT2D eigenvalue weighted by molar-refractivity contribution is 5.54. The van der Waals surface area contributed by atoms with E-state index in [0.29, 0.717) is 0 Å². The topological polar surface area (TPSA) is 3.24 Å². The van der Waals surface area contributed by atoms with Crippen LogP contribution in [-0.2, 0) is 0 Å². The minimum atomic E-state index is 1.01. The predicted octanol–water partition coefficient (Wildman–Crippen LogP) is 2.53. The fourth-order valence-corrected chi connectivity index (χ4v) is 2.09. The molecular weight excluding hydrogens is 158 g/mol. The van der Waals surface area contributed by atoms with Crippen LogP contribution in [0.5, 0.6) is 0 Å². The van der Waals surface area contributed by atoms with Crippen LogP contribution in [0, 0.1) is 0 Å². The van der Waals surface area contributed by atoms with E-state index in [1.165, 1.54) is 16.8 Å². The van der Waals surface area contributed by atoms with Crippen LogP contribution >= 0.6 is 0 Å². The van der Waals surface area contributed by atoms with Gasteiger partial charge in [-0.3, -0.25) is 0 Å². The number of allylic oxidation sites excluding steroid dienone is 7. The van der Waals surface area contributed by atoms with Crippen LogP contribution in [0.15, 0.2) is 59.5 Å². The molecule has 0 N–H and O–H groups in total. The predicted molar refractivity (Wildman–Crippen MR) is 53.9 cm³/mol. The molecule has 13 heavy (non-hydrogen) atoms. The summed E-state index contributed by atoms with van der Waals surface area (Å²) in [6.07, 6.45) is 16.5. The van der Waals surface area contributed by atoms with E-state index in [9.17, 15) is 0 Å². The van der Waals surface area contributed by atoms with Gasteiger partial charge in [-0.2, -0.15) is 0 Å². The Hall–Kier alpha value is -1.50. The highest BCUT2D eigenvalue weighted by Gasteiger charge is 2.20. The van der Waals surface area contributed by atoms with Gasteiger partial charge >= 0.3 is 0 Å². The smallest absolute Gasteiger partial charge is 0.0518 e. The second-order valence-corrected chi connectivity index (χ2v) is 3.50. The van der Waals surface area contributed by atoms with E-state index < -0.39 is 0 Å². The SMILES string of the molecule is C1=CN2CC=CC3=C2C(=C1)CC=C3. The molecule has 0 unspecified atom stereocenters. The molecule has 0 bridgehead atoms. The Morgan fingerprint density at radius 1 is 1.15 bits per heavy atom. The van der Waals surface area contributed by atoms with Gasteiger partial charge in [0.05, 0.1) is 5.70 Å². The zero-order valence-electron chi connectivity index (χ0n) is 7.40. The molecule has 2 heterocycles. The van der Waals surface area contributed by atoms with Crippen molar-refractivity contribution in [3.63, 3.8) is 0 Å². The van der Waals surface area contributed by atoms with Crippen LogP contribution in [0.3, 0.4) is 0 Å². The third kappa shape index (κ3) is 0.934. The Balaban J connectivity index is 2.21. The largest absolute Gasteiger partial charge is 0.343 e. The molecule has 64 valence electrons. The second kappa shape index (κ2) is 2.49. The normalized spacial score (nSPS) is 23.4. The van der Waals surface area contributed by atoms with Crippen LogP contribution in [0.25, 0.3) is 0 Å². The molecule has 1 aliphatic carbocycles. The molecule has 0 fully saturated rings. The Kier molecular flexibility index (Phi) is 1.33. The van der Waals surface area contributed by atoms with Crippen molar-refractivity contribution < 1.29 is 0 Å². The summed E-state index contributed by atoms with van der Waals surface area (Å²) in [4.78, 5) is 2.31. The maximum Gasteiger partial charge on any atom is 0.0518 e. The average molecular weight is 169 g/mol. The van der Waals surface area contributed by atoms with Crippen LogP contribution < -0.4 is 0 Å². The summed E-state index contributed by atoms with van der Waals surface area (Å²) in [5.74, 6) is 0. The lowest BCUT2D eigenvalue weighted by molar-refractivity contribution is 0.506. The summed E-state index contributed by atoms with van der Waals surface area (Å²) in [6.45, 7) is 1.01. The van der Waals surface area contributed by atoms with Gasteiger partial charge in [-0.25, -0.2) is 0 Å². The first kappa shape index (κ1) is 6.96. The van der Waals surface area contributed by atoms with Gasteiger partial charge in [0.1, 0.15) is 0 Å². The standard InChI is InChI=1S/C12H11N/c1-4-10-6-2-8-13-9-3-7-11(5-1)12(10)13/h1-4,6-7,9H,5,8H2. The van der Waals surface area contributed by atoms with Gasteiger partial charge in [0.2, 0.25) is 0 Å². The third-order valence-electron chi connectivity index (χ3n) is 2.66. The molecule has 2 aliphatic heterocycles. The first-order valence-electron chi connectivity index (χ1n) is 4.67. The highest BCUT2D eigenvalue weighted by Crippen LogP contribution is 2.33. The maximum atomic E-state index is 2.31. The summed E-state index contributed by atoms with van der Waals surface area (Å²) >= 11 is 0. The summed E-state index contributed by atoms with van der Waals surface area (Å²) in [5, 5.41) is 0. The second-order valence-electron chi connectivity index (χ2n) is 3.50. The van der Waals surface area contributed by atoms with E-state index in [1.807, 2.05) is 0 Å². The van der Waals surface area contributed by atoms with E-state index in [1.54, 1.807) is 0 Å². The quantitative estimate of drug-likeness (QED) is 0.538. The Labute approximate surface area is 78.0 Å². The van der Waals surface area contributed by atoms with Gasteiger partial charge in [0.15, 0.2) is 0 Å². The van der Waals surface area contributed by atoms with Crippen molar-refractivity contribution >= 4 is 0 Å². The lowest BCUT2D eigenvalue weighted by Gasteiger charge is -2.32. The molecular formula is C12H11N. The molecule has 0 aromatic heterocycles. The van der Waals surface area contributed by atoms with Crippen LogP contribution in [0.4, 0.5) is 0 Å². The minimum absolute atomic E-state index is 1.01. The lowest BCUT2D eigenvalue weighted by Crippen LogP contribution is -2.24. The molecule has 0 radical (unpaired) electrons. The molecule has 0 amide bonds. The molecule has 0 spiro atoms. The zero-order chi connectivity index (χ0) is 8.67. The van der Waals surface area contributed by atoms with E-state index in [0.717, 1.165) is 13.0 Å². The number of rotatable bonds is 0. The summed E-state index contributed by atoms with van der Waals surface area (Å²) in [7, 11) is 0. The fourth-order valence-electron chi connectivity index (χ4n) is 2.09. The summed E-state index contributed by atoms with van der Waals surface area (Å²) in [5.41, 5.74) is 4.21. The fraction of sp³-hybridized carbons (Fsp3) is 0.167. The van der Waals surface area contributed by atoms with Gasteiger partial charge in [0.25, 0.3) is 0 Å². The van der Waals surface area contributed by atoms with Crippen LogP contribution in [-0.4, -0.2) is 11.4 Å². The van der Waals surface area contributed by atoms with Crippen molar-refractivity contribution in [3.8, 4) is 0 Å². The van der Waals surface area contributed by atoms with Gasteiger partial charge in [-0.1, -0.05) is 30.4 Å². The Morgan fingerprint density at radius 3 is 3.08 bits per heavy atom. The first-order chi connectivity index (χ1) is 6.45. The van der Waals surface area contributed by atoms with Crippen molar-refractivity contribution in [3.05, 3.63) is 59.5 Å². The van der Waals surface area contributed by atoms with Crippen LogP contribution in [0.2, 0.25) is 0 Å². The molecule has 1 nitrogen and oxygen atoms in total. The third-order valence-corrected chi connectivity index (χ3v) is 2.66. The monoisotopic (exact) mass is 169 g/mol. The summed E-state index contributed by atoms with van der Waals surface area (Å²) in [6, 6.07) is 0. The molecule has 0 saturated heterocycles. The number of hydrogen-bond donors (Lipinski definition) is 0. The molecule has 0 aromatic carbocycles. The molecule has 3 rings (SSSR count). The van der Waals surface area contributed by atoms with Crippen molar-refractivity contribution in [2.24, 2.45) is 0 Å². The van der Waals surface area contributed by atoms with Crippen LogP contribution in [0.1, 0.15) is 6.42 Å². The average Bonchev–Trinajstić information content (AvgIpc) is 2.19. The van der Waals surface area contributed by atoms with E-state index in [4.69, 9.17) is 0 Å². The molecule has 0 aromatic rings. The lowest BCUT2D eigenvalue weighted by atomic mass is 9.93. The molecule has 1 heteroatoms. The Morgan fingerprint density at radius 2 is 2.08 bits per heavy atom.